The zero-order chi connectivity index (χ0) is 14.7. The number of anilines is 1. The summed E-state index contributed by atoms with van der Waals surface area (Å²) in [6.45, 7) is 4.24. The summed E-state index contributed by atoms with van der Waals surface area (Å²) in [6, 6.07) is 3.31. The van der Waals surface area contributed by atoms with Crippen molar-refractivity contribution < 1.29 is 9.26 Å². The Hall–Kier alpha value is -1.40. The SMILES string of the molecule is COc1cc(N)c(Cl)cc1-c1nc(CSC(C)C)no1. The van der Waals surface area contributed by atoms with Crippen molar-refractivity contribution >= 4 is 29.1 Å². The van der Waals surface area contributed by atoms with Gasteiger partial charge in [0, 0.05) is 6.07 Å². The molecule has 0 fully saturated rings. The lowest BCUT2D eigenvalue weighted by atomic mass is 10.2. The number of aromatic nitrogens is 2. The number of hydrogen-bond donors (Lipinski definition) is 1. The molecule has 0 unspecified atom stereocenters. The Morgan fingerprint density at radius 2 is 2.20 bits per heavy atom. The number of halogens is 1. The molecule has 5 nitrogen and oxygen atoms in total. The molecule has 0 saturated heterocycles. The fourth-order valence-corrected chi connectivity index (χ4v) is 2.33. The Morgan fingerprint density at radius 1 is 1.45 bits per heavy atom. The number of hydrogen-bond acceptors (Lipinski definition) is 6. The van der Waals surface area contributed by atoms with Crippen LogP contribution in [0.3, 0.4) is 0 Å². The van der Waals surface area contributed by atoms with Gasteiger partial charge < -0.3 is 15.0 Å². The molecule has 0 saturated carbocycles. The van der Waals surface area contributed by atoms with Crippen molar-refractivity contribution in [2.24, 2.45) is 0 Å². The highest BCUT2D eigenvalue weighted by Gasteiger charge is 2.16. The van der Waals surface area contributed by atoms with Gasteiger partial charge in [-0.25, -0.2) is 0 Å². The van der Waals surface area contributed by atoms with Crippen molar-refractivity contribution in [2.75, 3.05) is 12.8 Å². The lowest BCUT2D eigenvalue weighted by Gasteiger charge is -2.07. The number of nitrogen functional groups attached to an aromatic ring is 1. The van der Waals surface area contributed by atoms with Crippen LogP contribution in [0.5, 0.6) is 5.75 Å². The summed E-state index contributed by atoms with van der Waals surface area (Å²) in [6.07, 6.45) is 0. The molecule has 0 spiro atoms. The van der Waals surface area contributed by atoms with Crippen molar-refractivity contribution in [3.05, 3.63) is 23.0 Å². The minimum Gasteiger partial charge on any atom is -0.496 e. The lowest BCUT2D eigenvalue weighted by molar-refractivity contribution is 0.404. The summed E-state index contributed by atoms with van der Waals surface area (Å²) in [7, 11) is 1.55. The van der Waals surface area contributed by atoms with Crippen LogP contribution >= 0.6 is 23.4 Å². The van der Waals surface area contributed by atoms with Crippen molar-refractivity contribution in [2.45, 2.75) is 24.9 Å². The summed E-state index contributed by atoms with van der Waals surface area (Å²) < 4.78 is 10.5. The second-order valence-electron chi connectivity index (χ2n) is 4.45. The largest absolute Gasteiger partial charge is 0.496 e. The Kier molecular flexibility index (Phi) is 4.77. The molecule has 2 N–H and O–H groups in total. The Labute approximate surface area is 126 Å². The molecule has 0 aliphatic rings. The summed E-state index contributed by atoms with van der Waals surface area (Å²) in [5.74, 6) is 2.28. The molecule has 0 atom stereocenters. The van der Waals surface area contributed by atoms with E-state index in [0.717, 1.165) is 0 Å². The van der Waals surface area contributed by atoms with Gasteiger partial charge in [-0.1, -0.05) is 30.6 Å². The molecule has 2 aromatic rings. The molecule has 0 bridgehead atoms. The van der Waals surface area contributed by atoms with Crippen molar-refractivity contribution in [3.8, 4) is 17.2 Å². The summed E-state index contributed by atoms with van der Waals surface area (Å²) in [5, 5.41) is 4.89. The van der Waals surface area contributed by atoms with Gasteiger partial charge in [-0.05, 0) is 11.3 Å². The molecule has 7 heteroatoms. The van der Waals surface area contributed by atoms with Gasteiger partial charge in [0.25, 0.3) is 5.89 Å². The molecular weight excluding hydrogens is 298 g/mol. The number of ether oxygens (including phenoxy) is 1. The highest BCUT2D eigenvalue weighted by atomic mass is 35.5. The standard InChI is InChI=1S/C13H16ClN3O2S/c1-7(2)20-6-12-16-13(19-17-12)8-4-9(14)10(15)5-11(8)18-3/h4-5,7H,6,15H2,1-3H3. The summed E-state index contributed by atoms with van der Waals surface area (Å²) in [5.41, 5.74) is 6.83. The minimum atomic E-state index is 0.378. The highest BCUT2D eigenvalue weighted by Crippen LogP contribution is 2.35. The quantitative estimate of drug-likeness (QED) is 0.850. The van der Waals surface area contributed by atoms with Gasteiger partial charge in [-0.2, -0.15) is 16.7 Å². The maximum absolute atomic E-state index is 6.03. The van der Waals surface area contributed by atoms with Crippen LogP contribution < -0.4 is 10.5 Å². The van der Waals surface area contributed by atoms with Gasteiger partial charge in [0.1, 0.15) is 5.75 Å². The first-order valence-electron chi connectivity index (χ1n) is 6.08. The second-order valence-corrected chi connectivity index (χ2v) is 6.42. The van der Waals surface area contributed by atoms with Gasteiger partial charge in [0.15, 0.2) is 5.82 Å². The topological polar surface area (TPSA) is 74.2 Å². The number of benzene rings is 1. The zero-order valence-electron chi connectivity index (χ0n) is 11.5. The van der Waals surface area contributed by atoms with E-state index in [4.69, 9.17) is 26.6 Å². The van der Waals surface area contributed by atoms with Crippen LogP contribution in [0.25, 0.3) is 11.5 Å². The monoisotopic (exact) mass is 313 g/mol. The van der Waals surface area contributed by atoms with E-state index in [0.29, 0.717) is 44.7 Å². The molecule has 20 heavy (non-hydrogen) atoms. The van der Waals surface area contributed by atoms with E-state index in [1.54, 1.807) is 31.0 Å². The van der Waals surface area contributed by atoms with Crippen LogP contribution in [0, 0.1) is 0 Å². The number of rotatable bonds is 5. The van der Waals surface area contributed by atoms with Crippen LogP contribution in [0.2, 0.25) is 5.02 Å². The maximum atomic E-state index is 6.03. The first-order valence-corrected chi connectivity index (χ1v) is 7.51. The van der Waals surface area contributed by atoms with Gasteiger partial charge in [0.2, 0.25) is 0 Å². The Morgan fingerprint density at radius 3 is 2.85 bits per heavy atom. The van der Waals surface area contributed by atoms with Crippen LogP contribution in [0.15, 0.2) is 16.7 Å². The third kappa shape index (κ3) is 3.37. The maximum Gasteiger partial charge on any atom is 0.261 e. The van der Waals surface area contributed by atoms with Crippen molar-refractivity contribution in [1.82, 2.24) is 10.1 Å². The van der Waals surface area contributed by atoms with E-state index in [-0.39, 0.29) is 0 Å². The number of thioether (sulfide) groups is 1. The fourth-order valence-electron chi connectivity index (χ4n) is 1.57. The molecular formula is C13H16ClN3O2S. The fraction of sp³-hybridized carbons (Fsp3) is 0.385. The first kappa shape index (κ1) is 15.0. The molecule has 0 amide bonds. The molecule has 108 valence electrons. The number of nitrogens with two attached hydrogens (primary N) is 1. The first-order chi connectivity index (χ1) is 9.51. The second kappa shape index (κ2) is 6.37. The van der Waals surface area contributed by atoms with E-state index in [1.807, 2.05) is 0 Å². The molecule has 0 aliphatic heterocycles. The number of nitrogens with zero attached hydrogens (tertiary/aromatic N) is 2. The van der Waals surface area contributed by atoms with E-state index < -0.39 is 0 Å². The van der Waals surface area contributed by atoms with Gasteiger partial charge in [-0.15, -0.1) is 0 Å². The molecule has 0 radical (unpaired) electrons. The summed E-state index contributed by atoms with van der Waals surface area (Å²) in [4.78, 5) is 4.35. The zero-order valence-corrected chi connectivity index (χ0v) is 13.1. The summed E-state index contributed by atoms with van der Waals surface area (Å²) >= 11 is 7.77. The predicted octanol–water partition coefficient (Wildman–Crippen LogP) is 3.62. The molecule has 1 aromatic heterocycles. The molecule has 1 heterocycles. The normalized spacial score (nSPS) is 11.1. The Bertz CT molecular complexity index is 601. The van der Waals surface area contributed by atoms with Crippen LogP contribution in [0.4, 0.5) is 5.69 Å². The smallest absolute Gasteiger partial charge is 0.261 e. The third-order valence-electron chi connectivity index (χ3n) is 2.56. The average molecular weight is 314 g/mol. The highest BCUT2D eigenvalue weighted by molar-refractivity contribution is 7.99. The molecule has 2 rings (SSSR count). The lowest BCUT2D eigenvalue weighted by Crippen LogP contribution is -1.94. The van der Waals surface area contributed by atoms with E-state index >= 15 is 0 Å². The van der Waals surface area contributed by atoms with Gasteiger partial charge in [0.05, 0.1) is 29.1 Å². The predicted molar refractivity (Wildman–Crippen MR) is 82.1 cm³/mol. The van der Waals surface area contributed by atoms with Crippen molar-refractivity contribution in [3.63, 3.8) is 0 Å². The van der Waals surface area contributed by atoms with Crippen LogP contribution in [-0.2, 0) is 5.75 Å². The van der Waals surface area contributed by atoms with Crippen LogP contribution in [0.1, 0.15) is 19.7 Å². The molecule has 0 aliphatic carbocycles. The molecule has 1 aromatic carbocycles. The van der Waals surface area contributed by atoms with Crippen molar-refractivity contribution in [1.29, 1.82) is 0 Å². The third-order valence-corrected chi connectivity index (χ3v) is 3.98. The Balaban J connectivity index is 2.29. The number of methoxy groups -OCH3 is 1. The van der Waals surface area contributed by atoms with E-state index in [1.165, 1.54) is 0 Å². The van der Waals surface area contributed by atoms with Crippen LogP contribution in [-0.4, -0.2) is 22.5 Å². The average Bonchev–Trinajstić information content (AvgIpc) is 2.87. The van der Waals surface area contributed by atoms with E-state index in [2.05, 4.69) is 24.0 Å². The van der Waals surface area contributed by atoms with Gasteiger partial charge in [-0.3, -0.25) is 0 Å². The van der Waals surface area contributed by atoms with Gasteiger partial charge >= 0.3 is 0 Å². The van der Waals surface area contributed by atoms with E-state index in [9.17, 15) is 0 Å². The minimum absolute atomic E-state index is 0.378.